The van der Waals surface area contributed by atoms with E-state index in [1.165, 1.54) is 0 Å². The number of hydrogen-bond donors (Lipinski definition) is 3. The lowest BCUT2D eigenvalue weighted by molar-refractivity contribution is 0.0396. The zero-order valence-electron chi connectivity index (χ0n) is 13.6. The Morgan fingerprint density at radius 3 is 2.45 bits per heavy atom. The molecule has 0 aromatic carbocycles. The number of hydrogen-bond acceptors (Lipinski definition) is 7. The number of nitrogen functional groups attached to an aromatic ring is 1. The van der Waals surface area contributed by atoms with Crippen LogP contribution in [0.1, 0.15) is 24.1 Å². The monoisotopic (exact) mass is 308 g/mol. The maximum absolute atomic E-state index is 9.37. The van der Waals surface area contributed by atoms with Crippen molar-refractivity contribution in [2.24, 2.45) is 5.41 Å². The number of nitrogens with two attached hydrogens (primary N) is 1. The van der Waals surface area contributed by atoms with Crippen LogP contribution in [0, 0.1) is 19.3 Å². The Labute approximate surface area is 129 Å². The number of nitrogens with zero attached hydrogens (tertiary/aromatic N) is 3. The molecule has 0 amide bonds. The van der Waals surface area contributed by atoms with Crippen molar-refractivity contribution >= 4 is 16.9 Å². The van der Waals surface area contributed by atoms with Crippen LogP contribution in [0.25, 0.3) is 11.1 Å². The van der Waals surface area contributed by atoms with Gasteiger partial charge in [0.1, 0.15) is 17.4 Å². The summed E-state index contributed by atoms with van der Waals surface area (Å²) in [6.07, 6.45) is 0. The van der Waals surface area contributed by atoms with Gasteiger partial charge in [0.25, 0.3) is 0 Å². The second-order valence-corrected chi connectivity index (χ2v) is 6.29. The van der Waals surface area contributed by atoms with Crippen LogP contribution >= 0.6 is 0 Å². The number of aliphatic hydroxyl groups excluding tert-OH is 2. The van der Waals surface area contributed by atoms with Crippen LogP contribution in [0.15, 0.2) is 4.42 Å². The van der Waals surface area contributed by atoms with Crippen LogP contribution in [0.5, 0.6) is 0 Å². The van der Waals surface area contributed by atoms with Gasteiger partial charge in [0.15, 0.2) is 0 Å². The average Bonchev–Trinajstić information content (AvgIpc) is 2.73. The first kappa shape index (κ1) is 16.7. The van der Waals surface area contributed by atoms with Gasteiger partial charge in [-0.1, -0.05) is 6.92 Å². The lowest BCUT2D eigenvalue weighted by Crippen LogP contribution is -2.38. The quantitative estimate of drug-likeness (QED) is 0.725. The van der Waals surface area contributed by atoms with E-state index in [4.69, 9.17) is 10.2 Å². The maximum Gasteiger partial charge on any atom is 0.231 e. The largest absolute Gasteiger partial charge is 0.443 e. The van der Waals surface area contributed by atoms with Gasteiger partial charge in [0.2, 0.25) is 5.71 Å². The summed E-state index contributed by atoms with van der Waals surface area (Å²) in [5.41, 5.74) is 6.91. The molecule has 0 aliphatic rings. The normalized spacial score (nSPS) is 12.5. The number of anilines is 1. The maximum atomic E-state index is 9.37. The van der Waals surface area contributed by atoms with E-state index in [2.05, 4.69) is 9.97 Å². The van der Waals surface area contributed by atoms with Crippen molar-refractivity contribution in [3.63, 3.8) is 0 Å². The Bertz CT molecular complexity index is 664. The highest BCUT2D eigenvalue weighted by Gasteiger charge is 2.25. The fraction of sp³-hybridized carbons (Fsp3) is 0.600. The Morgan fingerprint density at radius 1 is 1.23 bits per heavy atom. The smallest absolute Gasteiger partial charge is 0.231 e. The zero-order valence-corrected chi connectivity index (χ0v) is 13.6. The van der Waals surface area contributed by atoms with Gasteiger partial charge in [-0.25, -0.2) is 4.98 Å². The Balaban J connectivity index is 2.22. The van der Waals surface area contributed by atoms with Crippen LogP contribution in [0.3, 0.4) is 0 Å². The fourth-order valence-corrected chi connectivity index (χ4v) is 2.50. The molecule has 0 fully saturated rings. The molecule has 0 aliphatic heterocycles. The van der Waals surface area contributed by atoms with E-state index in [-0.39, 0.29) is 13.2 Å². The summed E-state index contributed by atoms with van der Waals surface area (Å²) in [6.45, 7) is 6.41. The van der Waals surface area contributed by atoms with Crippen LogP contribution in [0.4, 0.5) is 5.82 Å². The van der Waals surface area contributed by atoms with E-state index >= 15 is 0 Å². The highest BCUT2D eigenvalue weighted by molar-refractivity contribution is 5.88. The molecule has 2 rings (SSSR count). The van der Waals surface area contributed by atoms with E-state index in [0.29, 0.717) is 30.4 Å². The molecule has 0 atom stereocenters. The molecule has 2 aromatic heterocycles. The number of aryl methyl sites for hydroxylation is 2. The molecule has 0 aliphatic carbocycles. The van der Waals surface area contributed by atoms with Gasteiger partial charge in [0.05, 0.1) is 25.1 Å². The summed E-state index contributed by atoms with van der Waals surface area (Å²) >= 11 is 0. The van der Waals surface area contributed by atoms with Crippen LogP contribution in [0.2, 0.25) is 0 Å². The van der Waals surface area contributed by atoms with Crippen molar-refractivity contribution in [3.8, 4) is 0 Å². The molecule has 122 valence electrons. The third-order valence-corrected chi connectivity index (χ3v) is 3.93. The number of rotatable bonds is 6. The summed E-state index contributed by atoms with van der Waals surface area (Å²) in [4.78, 5) is 10.7. The van der Waals surface area contributed by atoms with E-state index in [0.717, 1.165) is 16.7 Å². The van der Waals surface area contributed by atoms with Gasteiger partial charge in [-0.15, -0.1) is 0 Å². The van der Waals surface area contributed by atoms with E-state index in [1.807, 2.05) is 32.7 Å². The first-order valence-corrected chi connectivity index (χ1v) is 7.22. The van der Waals surface area contributed by atoms with Gasteiger partial charge in [-0.05, 0) is 20.9 Å². The van der Waals surface area contributed by atoms with Gasteiger partial charge >= 0.3 is 0 Å². The number of fused-ring (bicyclic) bond motifs is 1. The Morgan fingerprint density at radius 2 is 1.86 bits per heavy atom. The molecule has 7 nitrogen and oxygen atoms in total. The van der Waals surface area contributed by atoms with Crippen LogP contribution < -0.4 is 5.73 Å². The zero-order chi connectivity index (χ0) is 16.5. The van der Waals surface area contributed by atoms with Crippen molar-refractivity contribution in [1.82, 2.24) is 14.9 Å². The molecule has 7 heteroatoms. The second kappa shape index (κ2) is 6.20. The molecular formula is C15H24N4O3. The predicted octanol–water partition coefficient (Wildman–Crippen LogP) is 0.845. The molecule has 0 saturated carbocycles. The number of aromatic nitrogens is 2. The number of furan rings is 1. The van der Waals surface area contributed by atoms with Gasteiger partial charge < -0.3 is 20.4 Å². The minimum absolute atomic E-state index is 0.0908. The summed E-state index contributed by atoms with van der Waals surface area (Å²) in [5.74, 6) is 1.75. The molecule has 0 bridgehead atoms. The van der Waals surface area contributed by atoms with Crippen LogP contribution in [-0.4, -0.2) is 51.9 Å². The van der Waals surface area contributed by atoms with Crippen molar-refractivity contribution in [3.05, 3.63) is 17.1 Å². The Hall–Kier alpha value is -1.70. The lowest BCUT2D eigenvalue weighted by atomic mass is 9.92. The van der Waals surface area contributed by atoms with E-state index in [9.17, 15) is 10.2 Å². The minimum Gasteiger partial charge on any atom is -0.443 e. The molecule has 0 saturated heterocycles. The fourth-order valence-electron chi connectivity index (χ4n) is 2.50. The standard InChI is InChI=1S/C15H24N4O3/c1-9-10(2)22-14-12(9)13(16)17-11(18-14)5-19(4)6-15(3,7-20)8-21/h20-21H,5-8H2,1-4H3,(H2,16,17,18). The average molecular weight is 308 g/mol. The molecule has 2 aromatic rings. The molecule has 4 N–H and O–H groups in total. The summed E-state index contributed by atoms with van der Waals surface area (Å²) < 4.78 is 5.62. The molecule has 0 unspecified atom stereocenters. The van der Waals surface area contributed by atoms with Gasteiger partial charge in [0, 0.05) is 17.5 Å². The van der Waals surface area contributed by atoms with Gasteiger partial charge in [-0.3, -0.25) is 4.90 Å². The SMILES string of the molecule is Cc1oc2nc(CN(C)CC(C)(CO)CO)nc(N)c2c1C. The summed E-state index contributed by atoms with van der Waals surface area (Å²) in [5, 5.41) is 19.5. The van der Waals surface area contributed by atoms with Crippen molar-refractivity contribution in [2.75, 3.05) is 32.5 Å². The minimum atomic E-state index is -0.567. The highest BCUT2D eigenvalue weighted by Crippen LogP contribution is 2.27. The summed E-state index contributed by atoms with van der Waals surface area (Å²) in [6, 6.07) is 0. The molecule has 0 spiro atoms. The van der Waals surface area contributed by atoms with E-state index < -0.39 is 5.41 Å². The first-order chi connectivity index (χ1) is 10.3. The van der Waals surface area contributed by atoms with Crippen molar-refractivity contribution < 1.29 is 14.6 Å². The van der Waals surface area contributed by atoms with Crippen molar-refractivity contribution in [2.45, 2.75) is 27.3 Å². The first-order valence-electron chi connectivity index (χ1n) is 7.22. The van der Waals surface area contributed by atoms with Gasteiger partial charge in [-0.2, -0.15) is 4.98 Å². The third kappa shape index (κ3) is 3.21. The topological polar surface area (TPSA) is 109 Å². The second-order valence-electron chi connectivity index (χ2n) is 6.29. The predicted molar refractivity (Wildman–Crippen MR) is 84.3 cm³/mol. The lowest BCUT2D eigenvalue weighted by Gasteiger charge is -2.29. The molecular weight excluding hydrogens is 284 g/mol. The Kier molecular flexibility index (Phi) is 4.69. The molecule has 0 radical (unpaired) electrons. The van der Waals surface area contributed by atoms with Crippen molar-refractivity contribution in [1.29, 1.82) is 0 Å². The molecule has 2 heterocycles. The van der Waals surface area contributed by atoms with E-state index in [1.54, 1.807) is 0 Å². The third-order valence-electron chi connectivity index (χ3n) is 3.93. The summed E-state index contributed by atoms with van der Waals surface area (Å²) in [7, 11) is 1.88. The van der Waals surface area contributed by atoms with Crippen LogP contribution in [-0.2, 0) is 6.54 Å². The molecule has 22 heavy (non-hydrogen) atoms. The number of aliphatic hydroxyl groups is 2. The highest BCUT2D eigenvalue weighted by atomic mass is 16.3.